The molecule has 0 amide bonds. The number of nitrogens with zero attached hydrogens (tertiary/aromatic N) is 1. The third-order valence-corrected chi connectivity index (χ3v) is 4.15. The van der Waals surface area contributed by atoms with Crippen LogP contribution in [0.5, 0.6) is 5.75 Å². The molecular formula is C15H18F2N2O2S. The summed E-state index contributed by atoms with van der Waals surface area (Å²) in [6, 6.07) is 3.34. The van der Waals surface area contributed by atoms with Gasteiger partial charge in [0.25, 0.3) is 0 Å². The molecule has 2 N–H and O–H groups in total. The van der Waals surface area contributed by atoms with Crippen LogP contribution in [0, 0.1) is 18.6 Å². The van der Waals surface area contributed by atoms with Crippen LogP contribution in [0.4, 0.5) is 8.78 Å². The van der Waals surface area contributed by atoms with Gasteiger partial charge in [-0.3, -0.25) is 0 Å². The summed E-state index contributed by atoms with van der Waals surface area (Å²) in [6.07, 6.45) is 1.05. The zero-order valence-electron chi connectivity index (χ0n) is 12.3. The Labute approximate surface area is 131 Å². The highest BCUT2D eigenvalue weighted by atomic mass is 32.1. The van der Waals surface area contributed by atoms with Crippen molar-refractivity contribution < 1.29 is 18.6 Å². The van der Waals surface area contributed by atoms with Crippen LogP contribution in [0.2, 0.25) is 0 Å². The van der Waals surface area contributed by atoms with E-state index in [1.54, 1.807) is 11.3 Å². The quantitative estimate of drug-likeness (QED) is 0.821. The fourth-order valence-electron chi connectivity index (χ4n) is 1.81. The number of thiazole rings is 1. The third-order valence-electron chi connectivity index (χ3n) is 3.06. The Morgan fingerprint density at radius 3 is 2.77 bits per heavy atom. The molecule has 4 nitrogen and oxygen atoms in total. The molecule has 0 spiro atoms. The van der Waals surface area contributed by atoms with Gasteiger partial charge >= 0.3 is 0 Å². The first kappa shape index (κ1) is 16.8. The van der Waals surface area contributed by atoms with E-state index < -0.39 is 17.7 Å². The molecule has 0 aliphatic rings. The van der Waals surface area contributed by atoms with Crippen LogP contribution in [-0.4, -0.2) is 29.3 Å². The Balaban J connectivity index is 1.75. The standard InChI is InChI=1S/C15H18F2N2O2S/c1-9(15-7-19-10(2)22-15)18-6-11(20)8-21-12-3-4-13(16)14(17)5-12/h3-5,7,9,11,18,20H,6,8H2,1-2H3. The molecule has 2 unspecified atom stereocenters. The second kappa shape index (κ2) is 7.62. The van der Waals surface area contributed by atoms with Crippen LogP contribution in [0.3, 0.4) is 0 Å². The molecular weight excluding hydrogens is 310 g/mol. The molecule has 0 saturated carbocycles. The molecule has 2 rings (SSSR count). The first-order valence-electron chi connectivity index (χ1n) is 6.87. The van der Waals surface area contributed by atoms with E-state index in [9.17, 15) is 13.9 Å². The lowest BCUT2D eigenvalue weighted by atomic mass is 10.2. The molecule has 0 aliphatic carbocycles. The molecule has 1 aromatic carbocycles. The Kier molecular flexibility index (Phi) is 5.82. The van der Waals surface area contributed by atoms with Crippen LogP contribution in [-0.2, 0) is 0 Å². The Bertz CT molecular complexity index is 621. The van der Waals surface area contributed by atoms with Crippen molar-refractivity contribution in [1.29, 1.82) is 0 Å². The number of benzene rings is 1. The highest BCUT2D eigenvalue weighted by molar-refractivity contribution is 7.11. The van der Waals surface area contributed by atoms with Gasteiger partial charge in [0, 0.05) is 29.7 Å². The molecule has 2 aromatic rings. The van der Waals surface area contributed by atoms with Gasteiger partial charge < -0.3 is 15.2 Å². The second-order valence-corrected chi connectivity index (χ2v) is 6.22. The Morgan fingerprint density at radius 1 is 1.36 bits per heavy atom. The summed E-state index contributed by atoms with van der Waals surface area (Å²) in [5.41, 5.74) is 0. The number of hydrogen-bond acceptors (Lipinski definition) is 5. The van der Waals surface area contributed by atoms with Gasteiger partial charge in [-0.1, -0.05) is 0 Å². The van der Waals surface area contributed by atoms with E-state index in [1.165, 1.54) is 6.07 Å². The summed E-state index contributed by atoms with van der Waals surface area (Å²) in [5, 5.41) is 14.0. The van der Waals surface area contributed by atoms with E-state index in [0.717, 1.165) is 22.0 Å². The Hall–Kier alpha value is -1.57. The van der Waals surface area contributed by atoms with Crippen LogP contribution in [0.1, 0.15) is 22.9 Å². The molecule has 120 valence electrons. The van der Waals surface area contributed by atoms with Gasteiger partial charge in [-0.15, -0.1) is 11.3 Å². The van der Waals surface area contributed by atoms with Gasteiger partial charge in [-0.05, 0) is 26.0 Å². The molecule has 0 bridgehead atoms. The minimum absolute atomic E-state index is 0.00743. The maximum Gasteiger partial charge on any atom is 0.162 e. The SMILES string of the molecule is Cc1ncc(C(C)NCC(O)COc2ccc(F)c(F)c2)s1. The number of rotatable bonds is 7. The van der Waals surface area contributed by atoms with Crippen LogP contribution in [0.25, 0.3) is 0 Å². The summed E-state index contributed by atoms with van der Waals surface area (Å²) in [7, 11) is 0. The minimum atomic E-state index is -0.973. The lowest BCUT2D eigenvalue weighted by Crippen LogP contribution is -2.32. The Morgan fingerprint density at radius 2 is 2.14 bits per heavy atom. The highest BCUT2D eigenvalue weighted by Crippen LogP contribution is 2.19. The zero-order chi connectivity index (χ0) is 16.1. The summed E-state index contributed by atoms with van der Waals surface area (Å²) in [6.45, 7) is 4.23. The maximum absolute atomic E-state index is 13.0. The first-order valence-corrected chi connectivity index (χ1v) is 7.69. The molecule has 0 fully saturated rings. The van der Waals surface area contributed by atoms with Crippen molar-refractivity contribution in [3.63, 3.8) is 0 Å². The number of hydrogen-bond donors (Lipinski definition) is 2. The van der Waals surface area contributed by atoms with Crippen molar-refractivity contribution in [2.75, 3.05) is 13.2 Å². The van der Waals surface area contributed by atoms with Gasteiger partial charge in [0.15, 0.2) is 11.6 Å². The average Bonchev–Trinajstić information content (AvgIpc) is 2.92. The van der Waals surface area contributed by atoms with Crippen molar-refractivity contribution in [2.45, 2.75) is 26.0 Å². The number of aliphatic hydroxyl groups is 1. The molecule has 0 aliphatic heterocycles. The van der Waals surface area contributed by atoms with E-state index in [4.69, 9.17) is 4.74 Å². The topological polar surface area (TPSA) is 54.4 Å². The molecule has 2 atom stereocenters. The number of aromatic nitrogens is 1. The number of nitrogens with one attached hydrogen (secondary N) is 1. The lowest BCUT2D eigenvalue weighted by Gasteiger charge is -2.16. The number of aryl methyl sites for hydroxylation is 1. The highest BCUT2D eigenvalue weighted by Gasteiger charge is 2.12. The first-order chi connectivity index (χ1) is 10.5. The predicted octanol–water partition coefficient (Wildman–Crippen LogP) is 2.82. The normalized spacial score (nSPS) is 13.9. The van der Waals surface area contributed by atoms with Gasteiger partial charge in [0.05, 0.1) is 5.01 Å². The maximum atomic E-state index is 13.0. The largest absolute Gasteiger partial charge is 0.491 e. The van der Waals surface area contributed by atoms with Crippen molar-refractivity contribution in [3.05, 3.63) is 45.9 Å². The summed E-state index contributed by atoms with van der Waals surface area (Å²) in [5.74, 6) is -1.72. The van der Waals surface area contributed by atoms with Crippen LogP contribution < -0.4 is 10.1 Å². The third kappa shape index (κ3) is 4.72. The molecule has 22 heavy (non-hydrogen) atoms. The summed E-state index contributed by atoms with van der Waals surface area (Å²) >= 11 is 1.60. The van der Waals surface area contributed by atoms with E-state index in [-0.39, 0.29) is 18.4 Å². The average molecular weight is 328 g/mol. The molecule has 0 saturated heterocycles. The lowest BCUT2D eigenvalue weighted by molar-refractivity contribution is 0.104. The van der Waals surface area contributed by atoms with Gasteiger partial charge in [0.1, 0.15) is 18.5 Å². The van der Waals surface area contributed by atoms with E-state index >= 15 is 0 Å². The zero-order valence-corrected chi connectivity index (χ0v) is 13.2. The van der Waals surface area contributed by atoms with Crippen molar-refractivity contribution in [3.8, 4) is 5.75 Å². The van der Waals surface area contributed by atoms with Gasteiger partial charge in [-0.2, -0.15) is 0 Å². The smallest absolute Gasteiger partial charge is 0.162 e. The van der Waals surface area contributed by atoms with E-state index in [0.29, 0.717) is 6.54 Å². The summed E-state index contributed by atoms with van der Waals surface area (Å²) in [4.78, 5) is 5.27. The van der Waals surface area contributed by atoms with Gasteiger partial charge in [0.2, 0.25) is 0 Å². The van der Waals surface area contributed by atoms with Gasteiger partial charge in [-0.25, -0.2) is 13.8 Å². The molecule has 1 aromatic heterocycles. The van der Waals surface area contributed by atoms with Crippen molar-refractivity contribution >= 4 is 11.3 Å². The minimum Gasteiger partial charge on any atom is -0.491 e. The van der Waals surface area contributed by atoms with Crippen molar-refractivity contribution in [2.24, 2.45) is 0 Å². The monoisotopic (exact) mass is 328 g/mol. The number of halogens is 2. The second-order valence-electron chi connectivity index (χ2n) is 4.95. The fraction of sp³-hybridized carbons (Fsp3) is 0.400. The summed E-state index contributed by atoms with van der Waals surface area (Å²) < 4.78 is 31.0. The van der Waals surface area contributed by atoms with E-state index in [1.807, 2.05) is 20.0 Å². The van der Waals surface area contributed by atoms with Crippen LogP contribution in [0.15, 0.2) is 24.4 Å². The molecule has 0 radical (unpaired) electrons. The molecule has 1 heterocycles. The van der Waals surface area contributed by atoms with E-state index in [2.05, 4.69) is 10.3 Å². The number of aliphatic hydroxyl groups excluding tert-OH is 1. The van der Waals surface area contributed by atoms with Crippen molar-refractivity contribution in [1.82, 2.24) is 10.3 Å². The molecule has 7 heteroatoms. The number of ether oxygens (including phenoxy) is 1. The fourth-order valence-corrected chi connectivity index (χ4v) is 2.62. The van der Waals surface area contributed by atoms with Crippen LogP contribution >= 0.6 is 11.3 Å². The predicted molar refractivity (Wildman–Crippen MR) is 81.1 cm³/mol.